The first kappa shape index (κ1) is 11.1. The molecule has 5 heteroatoms. The summed E-state index contributed by atoms with van der Waals surface area (Å²) in [6, 6.07) is 0. The molecular formula is C10H14N2S2Si. The number of rotatable bonds is 2. The van der Waals surface area contributed by atoms with E-state index in [1.165, 1.54) is 15.4 Å². The molecule has 0 unspecified atom stereocenters. The molecule has 0 aliphatic heterocycles. The van der Waals surface area contributed by atoms with Crippen molar-refractivity contribution in [2.45, 2.75) is 24.7 Å². The van der Waals surface area contributed by atoms with E-state index in [1.54, 1.807) is 29.4 Å². The average Bonchev–Trinajstić information content (AvgIpc) is 2.59. The minimum absolute atomic E-state index is 1.11. The lowest BCUT2D eigenvalue weighted by Crippen LogP contribution is -2.37. The highest BCUT2D eigenvalue weighted by Gasteiger charge is 2.22. The van der Waals surface area contributed by atoms with Crippen LogP contribution >= 0.6 is 23.1 Å². The van der Waals surface area contributed by atoms with E-state index in [0.29, 0.717) is 0 Å². The molecule has 2 nitrogen and oxygen atoms in total. The molecule has 0 amide bonds. The second-order valence-electron chi connectivity index (χ2n) is 4.46. The smallest absolute Gasteiger partial charge is 0.117 e. The molecular weight excluding hydrogens is 240 g/mol. The van der Waals surface area contributed by atoms with Crippen molar-refractivity contribution in [2.24, 2.45) is 0 Å². The maximum atomic E-state index is 4.44. The molecule has 0 N–H and O–H groups in total. The summed E-state index contributed by atoms with van der Waals surface area (Å²) in [5, 5.41) is 4.83. The first-order valence-corrected chi connectivity index (χ1v) is 10.4. The van der Waals surface area contributed by atoms with Crippen LogP contribution < -0.4 is 5.19 Å². The zero-order valence-corrected chi connectivity index (χ0v) is 12.0. The lowest BCUT2D eigenvalue weighted by Gasteiger charge is -2.14. The van der Waals surface area contributed by atoms with Gasteiger partial charge in [-0.2, -0.15) is 0 Å². The standard InChI is InChI=1S/C10H14N2S2Si/c1-13-10-9-8(11-6-12-10)7(5-14-9)15(2,3)4/h5-6H,1-4H3. The molecule has 0 fully saturated rings. The largest absolute Gasteiger partial charge is 0.235 e. The summed E-state index contributed by atoms with van der Waals surface area (Å²) in [4.78, 5) is 8.74. The van der Waals surface area contributed by atoms with Gasteiger partial charge in [-0.1, -0.05) is 19.6 Å². The van der Waals surface area contributed by atoms with Gasteiger partial charge in [-0.15, -0.1) is 23.1 Å². The van der Waals surface area contributed by atoms with E-state index in [1.807, 2.05) is 0 Å². The first-order valence-electron chi connectivity index (χ1n) is 4.80. The van der Waals surface area contributed by atoms with E-state index >= 15 is 0 Å². The van der Waals surface area contributed by atoms with Crippen LogP contribution in [0.2, 0.25) is 19.6 Å². The summed E-state index contributed by atoms with van der Waals surface area (Å²) in [5.74, 6) is 0. The number of hydrogen-bond acceptors (Lipinski definition) is 4. The Balaban J connectivity index is 2.72. The summed E-state index contributed by atoms with van der Waals surface area (Å²) in [5.41, 5.74) is 1.18. The van der Waals surface area contributed by atoms with E-state index in [-0.39, 0.29) is 0 Å². The molecule has 80 valence electrons. The van der Waals surface area contributed by atoms with Gasteiger partial charge in [-0.25, -0.2) is 9.97 Å². The van der Waals surface area contributed by atoms with Gasteiger partial charge in [0.1, 0.15) is 11.4 Å². The lowest BCUT2D eigenvalue weighted by atomic mass is 10.5. The molecule has 0 saturated carbocycles. The van der Waals surface area contributed by atoms with Crippen LogP contribution in [-0.2, 0) is 0 Å². The third-order valence-corrected chi connectivity index (χ3v) is 6.33. The highest BCUT2D eigenvalue weighted by Crippen LogP contribution is 2.27. The van der Waals surface area contributed by atoms with Crippen LogP contribution in [-0.4, -0.2) is 24.3 Å². The van der Waals surface area contributed by atoms with Crippen molar-refractivity contribution >= 4 is 46.6 Å². The number of thioether (sulfide) groups is 1. The van der Waals surface area contributed by atoms with Crippen molar-refractivity contribution in [1.82, 2.24) is 9.97 Å². The van der Waals surface area contributed by atoms with Crippen LogP contribution in [0.4, 0.5) is 0 Å². The van der Waals surface area contributed by atoms with Crippen molar-refractivity contribution in [3.05, 3.63) is 11.7 Å². The van der Waals surface area contributed by atoms with Crippen LogP contribution in [0.1, 0.15) is 0 Å². The molecule has 0 aliphatic carbocycles. The molecule has 0 atom stereocenters. The van der Waals surface area contributed by atoms with Crippen LogP contribution in [0.3, 0.4) is 0 Å². The summed E-state index contributed by atoms with van der Waals surface area (Å²) < 4.78 is 1.25. The normalized spacial score (nSPS) is 12.3. The second kappa shape index (κ2) is 3.88. The van der Waals surface area contributed by atoms with Crippen molar-refractivity contribution in [1.29, 1.82) is 0 Å². The molecule has 2 rings (SSSR count). The maximum Gasteiger partial charge on any atom is 0.117 e. The molecule has 2 aromatic rings. The number of fused-ring (bicyclic) bond motifs is 1. The van der Waals surface area contributed by atoms with Gasteiger partial charge in [-0.3, -0.25) is 0 Å². The topological polar surface area (TPSA) is 25.8 Å². The Morgan fingerprint density at radius 3 is 2.60 bits per heavy atom. The number of nitrogens with zero attached hydrogens (tertiary/aromatic N) is 2. The zero-order valence-electron chi connectivity index (χ0n) is 9.37. The van der Waals surface area contributed by atoms with E-state index in [4.69, 9.17) is 0 Å². The Labute approximate surface area is 99.2 Å². The highest BCUT2D eigenvalue weighted by molar-refractivity contribution is 7.98. The van der Waals surface area contributed by atoms with Crippen molar-refractivity contribution in [3.8, 4) is 0 Å². The van der Waals surface area contributed by atoms with Crippen LogP contribution in [0.5, 0.6) is 0 Å². The van der Waals surface area contributed by atoms with Gasteiger partial charge in [0, 0.05) is 0 Å². The number of thiophene rings is 1. The summed E-state index contributed by atoms with van der Waals surface area (Å²) >= 11 is 3.48. The van der Waals surface area contributed by atoms with Crippen LogP contribution in [0.25, 0.3) is 10.2 Å². The molecule has 0 spiro atoms. The highest BCUT2D eigenvalue weighted by atomic mass is 32.2. The van der Waals surface area contributed by atoms with Gasteiger partial charge >= 0.3 is 0 Å². The predicted molar refractivity (Wildman–Crippen MR) is 72.2 cm³/mol. The Kier molecular flexibility index (Phi) is 2.87. The molecule has 0 saturated heterocycles. The van der Waals surface area contributed by atoms with Gasteiger partial charge in [0.25, 0.3) is 0 Å². The zero-order chi connectivity index (χ0) is 11.1. The Morgan fingerprint density at radius 2 is 2.00 bits per heavy atom. The van der Waals surface area contributed by atoms with Crippen LogP contribution in [0, 0.1) is 0 Å². The van der Waals surface area contributed by atoms with Gasteiger partial charge in [0.15, 0.2) is 0 Å². The van der Waals surface area contributed by atoms with Crippen LogP contribution in [0.15, 0.2) is 16.7 Å². The fraction of sp³-hybridized carbons (Fsp3) is 0.400. The molecule has 2 aromatic heterocycles. The fourth-order valence-corrected chi connectivity index (χ4v) is 5.69. The van der Waals surface area contributed by atoms with E-state index < -0.39 is 8.07 Å². The van der Waals surface area contributed by atoms with E-state index in [2.05, 4.69) is 41.2 Å². The third kappa shape index (κ3) is 1.96. The van der Waals surface area contributed by atoms with Gasteiger partial charge in [0.05, 0.1) is 18.3 Å². The van der Waals surface area contributed by atoms with Gasteiger partial charge in [-0.05, 0) is 16.8 Å². The molecule has 15 heavy (non-hydrogen) atoms. The fourth-order valence-electron chi connectivity index (χ4n) is 1.51. The second-order valence-corrected chi connectivity index (χ2v) is 11.2. The summed E-state index contributed by atoms with van der Waals surface area (Å²) in [6.07, 6.45) is 3.75. The molecule has 0 radical (unpaired) electrons. The van der Waals surface area contributed by atoms with E-state index in [0.717, 1.165) is 5.03 Å². The lowest BCUT2D eigenvalue weighted by molar-refractivity contribution is 1.11. The van der Waals surface area contributed by atoms with Crippen molar-refractivity contribution in [2.75, 3.05) is 6.26 Å². The summed E-state index contributed by atoms with van der Waals surface area (Å²) in [6.45, 7) is 7.07. The molecule has 0 aliphatic rings. The first-order chi connectivity index (χ1) is 7.04. The number of hydrogen-bond donors (Lipinski definition) is 0. The summed E-state index contributed by atoms with van der Waals surface area (Å²) in [7, 11) is -1.27. The number of aromatic nitrogens is 2. The van der Waals surface area contributed by atoms with Gasteiger partial charge < -0.3 is 0 Å². The minimum Gasteiger partial charge on any atom is -0.235 e. The maximum absolute atomic E-state index is 4.44. The molecule has 2 heterocycles. The molecule has 0 aromatic carbocycles. The average molecular weight is 254 g/mol. The molecule has 0 bridgehead atoms. The monoisotopic (exact) mass is 254 g/mol. The Morgan fingerprint density at radius 1 is 1.27 bits per heavy atom. The van der Waals surface area contributed by atoms with Gasteiger partial charge in [0.2, 0.25) is 0 Å². The Hall–Kier alpha value is -0.393. The van der Waals surface area contributed by atoms with Crippen molar-refractivity contribution < 1.29 is 0 Å². The Bertz CT molecular complexity index is 488. The predicted octanol–water partition coefficient (Wildman–Crippen LogP) is 2.96. The van der Waals surface area contributed by atoms with Crippen molar-refractivity contribution in [3.63, 3.8) is 0 Å². The van der Waals surface area contributed by atoms with E-state index in [9.17, 15) is 0 Å². The quantitative estimate of drug-likeness (QED) is 0.468. The minimum atomic E-state index is -1.27. The third-order valence-electron chi connectivity index (χ3n) is 2.32. The SMILES string of the molecule is CSc1ncnc2c([Si](C)(C)C)csc12.